The lowest BCUT2D eigenvalue weighted by molar-refractivity contribution is 0.0684. The van der Waals surface area contributed by atoms with Gasteiger partial charge in [0.05, 0.1) is 17.0 Å². The molecule has 7 nitrogen and oxygen atoms in total. The number of aromatic amines is 2. The molecule has 3 rings (SSSR count). The van der Waals surface area contributed by atoms with Crippen LogP contribution in [0.2, 0.25) is 0 Å². The molecule has 0 radical (unpaired) electrons. The van der Waals surface area contributed by atoms with Gasteiger partial charge in [0.2, 0.25) is 0 Å². The van der Waals surface area contributed by atoms with E-state index in [9.17, 15) is 19.2 Å². The number of amides is 2. The monoisotopic (exact) mass is 317 g/mol. The van der Waals surface area contributed by atoms with Crippen molar-refractivity contribution in [1.29, 1.82) is 0 Å². The third kappa shape index (κ3) is 2.60. The zero-order valence-corrected chi connectivity index (χ0v) is 12.1. The number of aromatic nitrogens is 2. The van der Waals surface area contributed by atoms with Crippen LogP contribution in [0.5, 0.6) is 0 Å². The maximum Gasteiger partial charge on any atom is 0.325 e. The van der Waals surface area contributed by atoms with Crippen molar-refractivity contribution in [1.82, 2.24) is 14.9 Å². The fourth-order valence-electron chi connectivity index (χ4n) is 2.20. The zero-order valence-electron chi connectivity index (χ0n) is 11.3. The molecule has 0 spiro atoms. The van der Waals surface area contributed by atoms with Crippen LogP contribution in [0, 0.1) is 0 Å². The summed E-state index contributed by atoms with van der Waals surface area (Å²) in [6, 6.07) is 7.93. The number of carbonyl (C=O) groups excluding carboxylic acids is 2. The van der Waals surface area contributed by atoms with Crippen LogP contribution in [0.25, 0.3) is 0 Å². The van der Waals surface area contributed by atoms with Crippen LogP contribution in [0.15, 0.2) is 39.9 Å². The number of hydrogen-bond acceptors (Lipinski definition) is 5. The summed E-state index contributed by atoms with van der Waals surface area (Å²) >= 11 is 1.26. The number of H-pyrrole nitrogens is 2. The lowest BCUT2D eigenvalue weighted by Gasteiger charge is -2.12. The van der Waals surface area contributed by atoms with Gasteiger partial charge in [-0.25, -0.2) is 4.79 Å². The van der Waals surface area contributed by atoms with Gasteiger partial charge < -0.3 is 4.98 Å². The van der Waals surface area contributed by atoms with Crippen LogP contribution >= 0.6 is 11.8 Å². The third-order valence-corrected chi connectivity index (χ3v) is 4.13. The Labute approximate surface area is 128 Å². The molecule has 0 bridgehead atoms. The number of nitrogens with zero attached hydrogens (tertiary/aromatic N) is 1. The van der Waals surface area contributed by atoms with Crippen molar-refractivity contribution in [2.75, 3.05) is 5.88 Å². The Bertz CT molecular complexity index is 807. The van der Waals surface area contributed by atoms with E-state index in [2.05, 4.69) is 9.97 Å². The number of nitrogens with one attached hydrogen (secondary N) is 2. The van der Waals surface area contributed by atoms with Crippen LogP contribution in [0.1, 0.15) is 26.4 Å². The molecule has 0 atom stereocenters. The van der Waals surface area contributed by atoms with Crippen LogP contribution in [-0.2, 0) is 5.75 Å². The maximum atomic E-state index is 12.1. The minimum Gasteiger partial charge on any atom is -0.310 e. The highest BCUT2D eigenvalue weighted by atomic mass is 32.2. The van der Waals surface area contributed by atoms with Gasteiger partial charge in [-0.05, 0) is 12.1 Å². The fraction of sp³-hybridized carbons (Fsp3) is 0.143. The van der Waals surface area contributed by atoms with Gasteiger partial charge in [-0.2, -0.15) is 0 Å². The predicted molar refractivity (Wildman–Crippen MR) is 80.8 cm³/mol. The number of hydrogen-bond donors (Lipinski definition) is 2. The molecule has 0 saturated heterocycles. The van der Waals surface area contributed by atoms with Crippen LogP contribution < -0.4 is 11.2 Å². The Morgan fingerprint density at radius 3 is 2.18 bits per heavy atom. The minimum atomic E-state index is -0.580. The molecule has 2 aromatic rings. The van der Waals surface area contributed by atoms with E-state index in [1.165, 1.54) is 17.8 Å². The molecule has 1 aliphatic rings. The van der Waals surface area contributed by atoms with Crippen molar-refractivity contribution < 1.29 is 9.59 Å². The molecule has 2 N–H and O–H groups in total. The second-order valence-electron chi connectivity index (χ2n) is 4.67. The molecular formula is C14H11N3O4S. The van der Waals surface area contributed by atoms with Gasteiger partial charge in [0.1, 0.15) is 0 Å². The van der Waals surface area contributed by atoms with Gasteiger partial charge in [0.25, 0.3) is 17.4 Å². The fourth-order valence-corrected chi connectivity index (χ4v) is 3.08. The van der Waals surface area contributed by atoms with E-state index in [-0.39, 0.29) is 17.7 Å². The van der Waals surface area contributed by atoms with Crippen molar-refractivity contribution >= 4 is 23.6 Å². The molecule has 0 saturated carbocycles. The molecule has 0 aliphatic carbocycles. The first-order chi connectivity index (χ1) is 10.6. The maximum absolute atomic E-state index is 12.1. The van der Waals surface area contributed by atoms with E-state index in [1.807, 2.05) is 0 Å². The number of benzene rings is 1. The highest BCUT2D eigenvalue weighted by Crippen LogP contribution is 2.24. The van der Waals surface area contributed by atoms with Gasteiger partial charge >= 0.3 is 5.69 Å². The van der Waals surface area contributed by atoms with E-state index in [1.54, 1.807) is 24.3 Å². The van der Waals surface area contributed by atoms with Gasteiger partial charge in [-0.15, -0.1) is 11.8 Å². The number of thioether (sulfide) groups is 1. The number of rotatable bonds is 4. The first kappa shape index (κ1) is 14.3. The molecule has 22 heavy (non-hydrogen) atoms. The molecule has 8 heteroatoms. The third-order valence-electron chi connectivity index (χ3n) is 3.17. The molecular weight excluding hydrogens is 306 g/mol. The number of carbonyl (C=O) groups is 2. The number of imide groups is 1. The van der Waals surface area contributed by atoms with E-state index in [4.69, 9.17) is 0 Å². The Morgan fingerprint density at radius 2 is 1.59 bits per heavy atom. The normalized spacial score (nSPS) is 13.5. The first-order valence-electron chi connectivity index (χ1n) is 6.42. The van der Waals surface area contributed by atoms with Crippen molar-refractivity contribution in [2.45, 2.75) is 5.75 Å². The van der Waals surface area contributed by atoms with Gasteiger partial charge in [-0.1, -0.05) is 12.1 Å². The van der Waals surface area contributed by atoms with Crippen LogP contribution in [-0.4, -0.2) is 32.6 Å². The van der Waals surface area contributed by atoms with Crippen molar-refractivity contribution in [3.05, 3.63) is 68.0 Å². The van der Waals surface area contributed by atoms with Gasteiger partial charge in [-0.3, -0.25) is 24.3 Å². The topological polar surface area (TPSA) is 103 Å². The lowest BCUT2D eigenvalue weighted by atomic mass is 10.1. The molecule has 0 unspecified atom stereocenters. The lowest BCUT2D eigenvalue weighted by Crippen LogP contribution is -2.29. The highest BCUT2D eigenvalue weighted by molar-refractivity contribution is 7.98. The highest BCUT2D eigenvalue weighted by Gasteiger charge is 2.34. The summed E-state index contributed by atoms with van der Waals surface area (Å²) in [5.41, 5.74) is 0.176. The Morgan fingerprint density at radius 1 is 0.955 bits per heavy atom. The Balaban J connectivity index is 1.68. The molecule has 1 aromatic carbocycles. The van der Waals surface area contributed by atoms with Crippen molar-refractivity contribution in [3.8, 4) is 0 Å². The minimum absolute atomic E-state index is 0.154. The molecule has 1 aromatic heterocycles. The second-order valence-corrected chi connectivity index (χ2v) is 5.63. The SMILES string of the molecule is O=C1c2ccccc2C(=O)N1CSCc1cc(=O)[nH]c(=O)[nH]1. The molecule has 2 amide bonds. The number of fused-ring (bicyclic) bond motifs is 1. The van der Waals surface area contributed by atoms with E-state index in [0.29, 0.717) is 22.6 Å². The van der Waals surface area contributed by atoms with Gasteiger partial charge in [0.15, 0.2) is 0 Å². The Hall–Kier alpha value is -2.61. The molecule has 0 fully saturated rings. The second kappa shape index (κ2) is 5.64. The molecule has 2 heterocycles. The largest absolute Gasteiger partial charge is 0.325 e. The smallest absolute Gasteiger partial charge is 0.310 e. The van der Waals surface area contributed by atoms with E-state index < -0.39 is 11.2 Å². The summed E-state index contributed by atoms with van der Waals surface area (Å²) in [7, 11) is 0. The zero-order chi connectivity index (χ0) is 15.7. The predicted octanol–water partition coefficient (Wildman–Crippen LogP) is 0.550. The van der Waals surface area contributed by atoms with Crippen LogP contribution in [0.3, 0.4) is 0 Å². The standard InChI is InChI=1S/C14H11N3O4S/c18-11-5-8(15-14(21)16-11)6-22-7-17-12(19)9-3-1-2-4-10(9)13(17)20/h1-5H,6-7H2,(H2,15,16,18,21). The average molecular weight is 317 g/mol. The van der Waals surface area contributed by atoms with Crippen molar-refractivity contribution in [2.24, 2.45) is 0 Å². The summed E-state index contributed by atoms with van der Waals surface area (Å²) in [5.74, 6) is -0.187. The van der Waals surface area contributed by atoms with E-state index in [0.717, 1.165) is 4.90 Å². The molecule has 112 valence electrons. The van der Waals surface area contributed by atoms with Gasteiger partial charge in [0, 0.05) is 17.5 Å². The average Bonchev–Trinajstić information content (AvgIpc) is 2.72. The summed E-state index contributed by atoms with van der Waals surface area (Å²) < 4.78 is 0. The Kier molecular flexibility index (Phi) is 3.68. The first-order valence-corrected chi connectivity index (χ1v) is 7.57. The quantitative estimate of drug-likeness (QED) is 0.802. The summed E-state index contributed by atoms with van der Waals surface area (Å²) in [5, 5.41) is 0. The summed E-state index contributed by atoms with van der Waals surface area (Å²) in [6.45, 7) is 0. The summed E-state index contributed by atoms with van der Waals surface area (Å²) in [4.78, 5) is 52.3. The van der Waals surface area contributed by atoms with E-state index >= 15 is 0 Å². The van der Waals surface area contributed by atoms with Crippen molar-refractivity contribution in [3.63, 3.8) is 0 Å². The summed E-state index contributed by atoms with van der Waals surface area (Å²) in [6.07, 6.45) is 0. The van der Waals surface area contributed by atoms with Crippen LogP contribution in [0.4, 0.5) is 0 Å². The molecule has 1 aliphatic heterocycles.